The maximum Gasteiger partial charge on any atom is 0.332 e. The Morgan fingerprint density at radius 3 is 2.53 bits per heavy atom. The van der Waals surface area contributed by atoms with Crippen LogP contribution < -0.4 is 5.32 Å². The molecule has 2 aliphatic heterocycles. The number of carbonyl (C=O) groups is 2. The number of allylic oxidation sites excluding steroid dienone is 1. The highest BCUT2D eigenvalue weighted by Gasteiger charge is 2.34. The third-order valence-corrected chi connectivity index (χ3v) is 3.40. The lowest BCUT2D eigenvalue weighted by atomic mass is 9.95. The molecular formula is C12H18N2O3. The second-order valence-electron chi connectivity index (χ2n) is 4.69. The highest BCUT2D eigenvalue weighted by molar-refractivity contribution is 5.88. The number of nitrogens with zero attached hydrogens (tertiary/aromatic N) is 1. The molecule has 5 nitrogen and oxygen atoms in total. The molecule has 0 saturated carbocycles. The number of carbonyl (C=O) groups excluding carboxylic acids is 2. The van der Waals surface area contributed by atoms with E-state index < -0.39 is 6.04 Å². The molecule has 0 aliphatic carbocycles. The van der Waals surface area contributed by atoms with Gasteiger partial charge in [-0.3, -0.25) is 4.79 Å². The van der Waals surface area contributed by atoms with Gasteiger partial charge in [-0.25, -0.2) is 4.79 Å². The van der Waals surface area contributed by atoms with E-state index >= 15 is 0 Å². The largest absolute Gasteiger partial charge is 0.461 e. The molecule has 1 atom stereocenters. The van der Waals surface area contributed by atoms with E-state index in [1.165, 1.54) is 0 Å². The van der Waals surface area contributed by atoms with Crippen molar-refractivity contribution in [3.8, 4) is 0 Å². The Labute approximate surface area is 101 Å². The van der Waals surface area contributed by atoms with Crippen molar-refractivity contribution in [1.82, 2.24) is 10.2 Å². The molecule has 0 aromatic rings. The molecule has 1 amide bonds. The van der Waals surface area contributed by atoms with Gasteiger partial charge < -0.3 is 15.0 Å². The van der Waals surface area contributed by atoms with Crippen molar-refractivity contribution in [2.24, 2.45) is 5.92 Å². The molecular weight excluding hydrogens is 220 g/mol. The van der Waals surface area contributed by atoms with Crippen LogP contribution in [0.5, 0.6) is 0 Å². The van der Waals surface area contributed by atoms with Crippen molar-refractivity contribution in [2.45, 2.75) is 25.8 Å². The average Bonchev–Trinajstić information content (AvgIpc) is 2.34. The lowest BCUT2D eigenvalue weighted by Crippen LogP contribution is -2.55. The van der Waals surface area contributed by atoms with Gasteiger partial charge in [-0.2, -0.15) is 0 Å². The number of piperidine rings is 1. The molecule has 1 unspecified atom stereocenters. The van der Waals surface area contributed by atoms with Crippen LogP contribution in [0, 0.1) is 5.92 Å². The molecule has 0 bridgehead atoms. The number of amides is 1. The van der Waals surface area contributed by atoms with Crippen molar-refractivity contribution < 1.29 is 14.3 Å². The zero-order valence-corrected chi connectivity index (χ0v) is 10.1. The first-order valence-corrected chi connectivity index (χ1v) is 5.95. The molecule has 2 fully saturated rings. The molecule has 5 heteroatoms. The lowest BCUT2D eigenvalue weighted by Gasteiger charge is -2.34. The minimum Gasteiger partial charge on any atom is -0.461 e. The Morgan fingerprint density at radius 2 is 2.12 bits per heavy atom. The summed E-state index contributed by atoms with van der Waals surface area (Å²) in [5.41, 5.74) is 1.05. The summed E-state index contributed by atoms with van der Waals surface area (Å²) in [7, 11) is 0. The molecule has 0 aromatic heterocycles. The van der Waals surface area contributed by atoms with Crippen LogP contribution in [0.3, 0.4) is 0 Å². The molecule has 94 valence electrons. The van der Waals surface area contributed by atoms with Crippen molar-refractivity contribution >= 4 is 11.9 Å². The summed E-state index contributed by atoms with van der Waals surface area (Å²) in [6.45, 7) is 7.91. The van der Waals surface area contributed by atoms with Gasteiger partial charge in [-0.1, -0.05) is 6.58 Å². The van der Waals surface area contributed by atoms with Gasteiger partial charge in [0.2, 0.25) is 5.91 Å². The summed E-state index contributed by atoms with van der Waals surface area (Å²) in [5.74, 6) is -0.329. The minimum absolute atomic E-state index is 0.0130. The molecule has 0 radical (unpaired) electrons. The summed E-state index contributed by atoms with van der Waals surface area (Å²) < 4.78 is 4.61. The normalized spacial score (nSPS) is 24.9. The Balaban J connectivity index is 1.78. The topological polar surface area (TPSA) is 58.6 Å². The number of ether oxygens (including phenoxy) is 1. The quantitative estimate of drug-likeness (QED) is 0.717. The van der Waals surface area contributed by atoms with Gasteiger partial charge in [-0.15, -0.1) is 0 Å². The fraction of sp³-hybridized carbons (Fsp3) is 0.667. The summed E-state index contributed by atoms with van der Waals surface area (Å²) in [5, 5.41) is 2.73. The summed E-state index contributed by atoms with van der Waals surface area (Å²) >= 11 is 0. The standard InChI is InChI=1S/C12H18N2O3/c1-8(2)14-5-3-9(4-6-14)11(15)13-10-7-17-12(10)16/h9-10H,1,3-7H2,2H3,(H,13,15). The maximum absolute atomic E-state index is 11.9. The van der Waals surface area contributed by atoms with Gasteiger partial charge >= 0.3 is 5.97 Å². The summed E-state index contributed by atoms with van der Waals surface area (Å²) in [6, 6.07) is -0.415. The minimum atomic E-state index is -0.415. The zero-order valence-electron chi connectivity index (χ0n) is 10.1. The molecule has 17 heavy (non-hydrogen) atoms. The number of likely N-dealkylation sites (tertiary alicyclic amines) is 1. The first-order valence-electron chi connectivity index (χ1n) is 5.95. The van der Waals surface area contributed by atoms with Crippen LogP contribution >= 0.6 is 0 Å². The Bertz CT molecular complexity index is 346. The van der Waals surface area contributed by atoms with Crippen LogP contribution in [-0.4, -0.2) is 42.5 Å². The molecule has 1 N–H and O–H groups in total. The Hall–Kier alpha value is -1.52. The van der Waals surface area contributed by atoms with Crippen molar-refractivity contribution in [3.63, 3.8) is 0 Å². The van der Waals surface area contributed by atoms with E-state index in [1.54, 1.807) is 0 Å². The number of hydrogen-bond donors (Lipinski definition) is 1. The zero-order chi connectivity index (χ0) is 12.4. The molecule has 2 heterocycles. The Morgan fingerprint density at radius 1 is 1.47 bits per heavy atom. The van der Waals surface area contributed by atoms with E-state index in [9.17, 15) is 9.59 Å². The van der Waals surface area contributed by atoms with Crippen molar-refractivity contribution in [2.75, 3.05) is 19.7 Å². The van der Waals surface area contributed by atoms with E-state index in [2.05, 4.69) is 21.5 Å². The van der Waals surface area contributed by atoms with Crippen LogP contribution in [0.2, 0.25) is 0 Å². The SMILES string of the molecule is C=C(C)N1CCC(C(=O)NC2COC2=O)CC1. The second-order valence-corrected chi connectivity index (χ2v) is 4.69. The predicted molar refractivity (Wildman–Crippen MR) is 62.0 cm³/mol. The van der Waals surface area contributed by atoms with E-state index in [0.717, 1.165) is 31.6 Å². The second kappa shape index (κ2) is 4.77. The number of rotatable bonds is 3. The molecule has 2 saturated heterocycles. The van der Waals surface area contributed by atoms with E-state index in [1.807, 2.05) is 6.92 Å². The van der Waals surface area contributed by atoms with Gasteiger partial charge in [-0.05, 0) is 19.8 Å². The summed E-state index contributed by atoms with van der Waals surface area (Å²) in [4.78, 5) is 25.0. The van der Waals surface area contributed by atoms with Gasteiger partial charge in [0.25, 0.3) is 0 Å². The first-order chi connectivity index (χ1) is 8.08. The molecule has 0 aromatic carbocycles. The van der Waals surface area contributed by atoms with Gasteiger partial charge in [0.15, 0.2) is 6.04 Å². The van der Waals surface area contributed by atoms with Gasteiger partial charge in [0, 0.05) is 24.7 Å². The number of nitrogens with one attached hydrogen (secondary N) is 1. The van der Waals surface area contributed by atoms with Crippen LogP contribution in [0.1, 0.15) is 19.8 Å². The van der Waals surface area contributed by atoms with Crippen molar-refractivity contribution in [1.29, 1.82) is 0 Å². The molecule has 2 rings (SSSR count). The lowest BCUT2D eigenvalue weighted by molar-refractivity contribution is -0.165. The van der Waals surface area contributed by atoms with Crippen molar-refractivity contribution in [3.05, 3.63) is 12.3 Å². The molecule has 2 aliphatic rings. The Kier molecular flexibility index (Phi) is 3.36. The highest BCUT2D eigenvalue weighted by atomic mass is 16.6. The fourth-order valence-electron chi connectivity index (χ4n) is 2.15. The third-order valence-electron chi connectivity index (χ3n) is 3.40. The van der Waals surface area contributed by atoms with Gasteiger partial charge in [0.05, 0.1) is 0 Å². The number of cyclic esters (lactones) is 1. The third kappa shape index (κ3) is 2.60. The predicted octanol–water partition coefficient (Wildman–Crippen LogP) is 0.274. The first kappa shape index (κ1) is 12.0. The maximum atomic E-state index is 11.9. The van der Waals surface area contributed by atoms with Crippen LogP contribution in [0.25, 0.3) is 0 Å². The number of esters is 1. The molecule has 0 spiro atoms. The smallest absolute Gasteiger partial charge is 0.332 e. The van der Waals surface area contributed by atoms with Gasteiger partial charge in [0.1, 0.15) is 6.61 Å². The van der Waals surface area contributed by atoms with E-state index in [4.69, 9.17) is 0 Å². The number of hydrogen-bond acceptors (Lipinski definition) is 4. The fourth-order valence-corrected chi connectivity index (χ4v) is 2.15. The van der Waals surface area contributed by atoms with E-state index in [0.29, 0.717) is 6.61 Å². The van der Waals surface area contributed by atoms with E-state index in [-0.39, 0.29) is 17.8 Å². The monoisotopic (exact) mass is 238 g/mol. The van der Waals surface area contributed by atoms with Crippen LogP contribution in [-0.2, 0) is 14.3 Å². The van der Waals surface area contributed by atoms with Crippen LogP contribution in [0.15, 0.2) is 12.3 Å². The van der Waals surface area contributed by atoms with Crippen LogP contribution in [0.4, 0.5) is 0 Å². The summed E-state index contributed by atoms with van der Waals surface area (Å²) in [6.07, 6.45) is 1.64. The highest BCUT2D eigenvalue weighted by Crippen LogP contribution is 2.20. The average molecular weight is 238 g/mol.